The number of hydrogen-bond donors (Lipinski definition) is 1. The van der Waals surface area contributed by atoms with E-state index in [0.717, 1.165) is 23.1 Å². The van der Waals surface area contributed by atoms with Crippen molar-refractivity contribution in [3.8, 4) is 0 Å². The Bertz CT molecular complexity index is 386. The number of piperidine rings is 1. The summed E-state index contributed by atoms with van der Waals surface area (Å²) in [7, 11) is 0. The molecule has 1 aromatic heterocycles. The average Bonchev–Trinajstić information content (AvgIpc) is 2.71. The quantitative estimate of drug-likeness (QED) is 0.919. The smallest absolute Gasteiger partial charge is 0.187 e. The van der Waals surface area contributed by atoms with E-state index in [-0.39, 0.29) is 6.61 Å². The Hall–Kier alpha value is -0.320. The molecule has 3 nitrogen and oxygen atoms in total. The lowest BCUT2D eigenvalue weighted by Crippen LogP contribution is -2.38. The third-order valence-corrected chi connectivity index (χ3v) is 5.40. The van der Waals surface area contributed by atoms with Gasteiger partial charge in [-0.05, 0) is 18.3 Å². The van der Waals surface area contributed by atoms with Gasteiger partial charge in [0.15, 0.2) is 5.13 Å². The van der Waals surface area contributed by atoms with Crippen LogP contribution in [0.15, 0.2) is 0 Å². The molecule has 0 radical (unpaired) electrons. The molecule has 17 heavy (non-hydrogen) atoms. The molecule has 0 aliphatic carbocycles. The summed E-state index contributed by atoms with van der Waals surface area (Å²) in [5.41, 5.74) is 0.483. The first-order valence-corrected chi connectivity index (χ1v) is 7.28. The normalized spacial score (nSPS) is 19.6. The summed E-state index contributed by atoms with van der Waals surface area (Å²) >= 11 is 7.47. The third-order valence-electron chi connectivity index (χ3n) is 3.88. The van der Waals surface area contributed by atoms with Crippen molar-refractivity contribution in [3.05, 3.63) is 10.0 Å². The summed E-state index contributed by atoms with van der Waals surface area (Å²) < 4.78 is 0. The van der Waals surface area contributed by atoms with Crippen LogP contribution in [0.4, 0.5) is 5.13 Å². The second-order valence-electron chi connectivity index (χ2n) is 5.02. The van der Waals surface area contributed by atoms with Crippen molar-refractivity contribution < 1.29 is 5.11 Å². The van der Waals surface area contributed by atoms with E-state index in [4.69, 9.17) is 16.7 Å². The Kier molecular flexibility index (Phi) is 3.95. The minimum atomic E-state index is -0.0168. The minimum Gasteiger partial charge on any atom is -0.391 e. The molecule has 0 bridgehead atoms. The van der Waals surface area contributed by atoms with Crippen LogP contribution in [0.25, 0.3) is 0 Å². The summed E-state index contributed by atoms with van der Waals surface area (Å²) in [5, 5.41) is 10.5. The zero-order chi connectivity index (χ0) is 12.5. The number of hydrogen-bond acceptors (Lipinski definition) is 4. The number of nitrogens with zero attached hydrogens (tertiary/aromatic N) is 2. The zero-order valence-electron chi connectivity index (χ0n) is 10.4. The average molecular weight is 275 g/mol. The SMILES string of the molecule is CCC1(C)CCN(c2nc(Cl)c(CO)s2)CC1. The second kappa shape index (κ2) is 5.12. The van der Waals surface area contributed by atoms with Gasteiger partial charge in [-0.25, -0.2) is 4.98 Å². The van der Waals surface area contributed by atoms with Crippen molar-refractivity contribution in [3.63, 3.8) is 0 Å². The molecule has 0 amide bonds. The van der Waals surface area contributed by atoms with E-state index >= 15 is 0 Å². The molecule has 0 aromatic carbocycles. The molecular weight excluding hydrogens is 256 g/mol. The van der Waals surface area contributed by atoms with Gasteiger partial charge in [-0.1, -0.05) is 43.2 Å². The van der Waals surface area contributed by atoms with E-state index in [1.165, 1.54) is 30.6 Å². The van der Waals surface area contributed by atoms with Crippen LogP contribution in [0.1, 0.15) is 38.0 Å². The molecule has 2 heterocycles. The van der Waals surface area contributed by atoms with Crippen molar-refractivity contribution in [2.24, 2.45) is 5.41 Å². The molecule has 0 saturated carbocycles. The fraction of sp³-hybridized carbons (Fsp3) is 0.750. The molecule has 5 heteroatoms. The summed E-state index contributed by atoms with van der Waals surface area (Å²) in [6.45, 7) is 6.69. The number of halogens is 1. The van der Waals surface area contributed by atoms with E-state index in [9.17, 15) is 0 Å². The molecule has 1 aromatic rings. The molecule has 1 N–H and O–H groups in total. The van der Waals surface area contributed by atoms with Gasteiger partial charge in [0.25, 0.3) is 0 Å². The van der Waals surface area contributed by atoms with Crippen molar-refractivity contribution in [1.29, 1.82) is 0 Å². The Morgan fingerprint density at radius 1 is 1.47 bits per heavy atom. The molecule has 0 atom stereocenters. The number of rotatable bonds is 3. The Balaban J connectivity index is 2.05. The molecule has 0 unspecified atom stereocenters. The van der Waals surface area contributed by atoms with Crippen LogP contribution in [0.2, 0.25) is 5.15 Å². The van der Waals surface area contributed by atoms with E-state index in [0.29, 0.717) is 10.6 Å². The van der Waals surface area contributed by atoms with Crippen LogP contribution in [0.3, 0.4) is 0 Å². The highest BCUT2D eigenvalue weighted by Crippen LogP contribution is 2.37. The maximum absolute atomic E-state index is 9.12. The molecule has 1 aliphatic rings. The minimum absolute atomic E-state index is 0.0168. The van der Waals surface area contributed by atoms with E-state index in [2.05, 4.69) is 23.7 Å². The third kappa shape index (κ3) is 2.75. The van der Waals surface area contributed by atoms with Gasteiger partial charge in [0, 0.05) is 13.1 Å². The van der Waals surface area contributed by atoms with Crippen LogP contribution in [0, 0.1) is 5.41 Å². The predicted octanol–water partition coefficient (Wildman–Crippen LogP) is 3.31. The predicted molar refractivity (Wildman–Crippen MR) is 72.9 cm³/mol. The van der Waals surface area contributed by atoms with Crippen LogP contribution < -0.4 is 4.90 Å². The maximum atomic E-state index is 9.12. The molecule has 1 saturated heterocycles. The number of aliphatic hydroxyl groups excluding tert-OH is 1. The first kappa shape index (κ1) is 13.1. The van der Waals surface area contributed by atoms with Crippen LogP contribution >= 0.6 is 22.9 Å². The molecule has 1 aliphatic heterocycles. The zero-order valence-corrected chi connectivity index (χ0v) is 11.9. The van der Waals surface area contributed by atoms with Gasteiger partial charge in [0.2, 0.25) is 0 Å². The largest absolute Gasteiger partial charge is 0.391 e. The Morgan fingerprint density at radius 2 is 2.12 bits per heavy atom. The monoisotopic (exact) mass is 274 g/mol. The molecule has 1 fully saturated rings. The van der Waals surface area contributed by atoms with Crippen molar-refractivity contribution in [1.82, 2.24) is 4.98 Å². The van der Waals surface area contributed by atoms with Crippen molar-refractivity contribution >= 4 is 28.1 Å². The standard InChI is InChI=1S/C12H19ClN2OS/c1-3-12(2)4-6-15(7-5-12)11-14-10(13)9(8-16)17-11/h16H,3-8H2,1-2H3. The Labute approximate surface area is 111 Å². The summed E-state index contributed by atoms with van der Waals surface area (Å²) in [6, 6.07) is 0. The van der Waals surface area contributed by atoms with E-state index in [1.54, 1.807) is 0 Å². The fourth-order valence-corrected chi connectivity index (χ4v) is 3.31. The number of thiazole rings is 1. The van der Waals surface area contributed by atoms with Gasteiger partial charge in [-0.15, -0.1) is 0 Å². The first-order chi connectivity index (χ1) is 8.08. The highest BCUT2D eigenvalue weighted by atomic mass is 35.5. The fourth-order valence-electron chi connectivity index (χ4n) is 2.15. The lowest BCUT2D eigenvalue weighted by molar-refractivity contribution is 0.238. The van der Waals surface area contributed by atoms with Gasteiger partial charge in [0.1, 0.15) is 5.15 Å². The summed E-state index contributed by atoms with van der Waals surface area (Å²) in [6.07, 6.45) is 3.64. The maximum Gasteiger partial charge on any atom is 0.187 e. The lowest BCUT2D eigenvalue weighted by Gasteiger charge is -2.38. The highest BCUT2D eigenvalue weighted by molar-refractivity contribution is 7.16. The van der Waals surface area contributed by atoms with E-state index in [1.807, 2.05) is 0 Å². The van der Waals surface area contributed by atoms with Crippen LogP contribution in [-0.2, 0) is 6.61 Å². The van der Waals surface area contributed by atoms with Crippen LogP contribution in [0.5, 0.6) is 0 Å². The number of anilines is 1. The first-order valence-electron chi connectivity index (χ1n) is 6.09. The Morgan fingerprint density at radius 3 is 2.59 bits per heavy atom. The van der Waals surface area contributed by atoms with Gasteiger partial charge < -0.3 is 10.0 Å². The molecular formula is C12H19ClN2OS. The van der Waals surface area contributed by atoms with Gasteiger partial charge >= 0.3 is 0 Å². The topological polar surface area (TPSA) is 36.4 Å². The van der Waals surface area contributed by atoms with Crippen molar-refractivity contribution in [2.75, 3.05) is 18.0 Å². The molecule has 96 valence electrons. The lowest BCUT2D eigenvalue weighted by atomic mass is 9.78. The van der Waals surface area contributed by atoms with Crippen LogP contribution in [-0.4, -0.2) is 23.2 Å². The molecule has 0 spiro atoms. The summed E-state index contributed by atoms with van der Waals surface area (Å²) in [4.78, 5) is 7.38. The highest BCUT2D eigenvalue weighted by Gasteiger charge is 2.29. The van der Waals surface area contributed by atoms with E-state index < -0.39 is 0 Å². The number of aliphatic hydroxyl groups is 1. The second-order valence-corrected chi connectivity index (χ2v) is 6.44. The van der Waals surface area contributed by atoms with Gasteiger partial charge in [-0.2, -0.15) is 0 Å². The van der Waals surface area contributed by atoms with Gasteiger partial charge in [-0.3, -0.25) is 0 Å². The number of aromatic nitrogens is 1. The molecule has 2 rings (SSSR count). The summed E-state index contributed by atoms with van der Waals surface area (Å²) in [5.74, 6) is 0. The van der Waals surface area contributed by atoms with Crippen molar-refractivity contribution in [2.45, 2.75) is 39.7 Å². The van der Waals surface area contributed by atoms with Gasteiger partial charge in [0.05, 0.1) is 11.5 Å².